The maximum atomic E-state index is 12.2. The number of nitrogens with one attached hydrogen (secondary N) is 1. The molecular weight excluding hydrogens is 302 g/mol. The van der Waals surface area contributed by atoms with Gasteiger partial charge in [0.15, 0.2) is 0 Å². The molecule has 1 fully saturated rings. The predicted molar refractivity (Wildman–Crippen MR) is 94.2 cm³/mol. The second-order valence-corrected chi connectivity index (χ2v) is 6.58. The van der Waals surface area contributed by atoms with Crippen LogP contribution in [-0.2, 0) is 13.5 Å². The van der Waals surface area contributed by atoms with E-state index in [4.69, 9.17) is 0 Å². The number of nitrogens with zero attached hydrogens (tertiary/aromatic N) is 2. The largest absolute Gasteiger partial charge is 0.318 e. The molecule has 0 unspecified atom stereocenters. The number of anilines is 1. The Hall–Kier alpha value is -2.43. The van der Waals surface area contributed by atoms with Gasteiger partial charge in [-0.15, -0.1) is 0 Å². The number of carbonyl (C=O) groups is 1. The molecule has 126 valence electrons. The van der Waals surface area contributed by atoms with Gasteiger partial charge < -0.3 is 9.88 Å². The van der Waals surface area contributed by atoms with Crippen molar-refractivity contribution in [1.29, 1.82) is 0 Å². The smallest absolute Gasteiger partial charge is 0.258 e. The maximum Gasteiger partial charge on any atom is 0.258 e. The number of amides is 1. The second kappa shape index (κ2) is 7.43. The summed E-state index contributed by atoms with van der Waals surface area (Å²) in [5.74, 6) is 1.03. The summed E-state index contributed by atoms with van der Waals surface area (Å²) in [6, 6.07) is 6.79. The second-order valence-electron chi connectivity index (χ2n) is 6.58. The summed E-state index contributed by atoms with van der Waals surface area (Å²) < 4.78 is 1.38. The highest BCUT2D eigenvalue weighted by Crippen LogP contribution is 2.26. The fourth-order valence-electron chi connectivity index (χ4n) is 3.26. The Morgan fingerprint density at radius 2 is 2.00 bits per heavy atom. The number of rotatable bonds is 4. The quantitative estimate of drug-likeness (QED) is 0.939. The minimum atomic E-state index is -0.266. The third-order valence-corrected chi connectivity index (χ3v) is 4.66. The average molecular weight is 325 g/mol. The summed E-state index contributed by atoms with van der Waals surface area (Å²) in [7, 11) is 1.62. The Kier molecular flexibility index (Phi) is 5.08. The Labute approximate surface area is 141 Å². The standard InChI is InChI=1S/C19H23N3O2/c1-22-13-16(8-10-18(22)23)19(24)21-17-9-7-15(12-20-17)11-14-5-3-2-4-6-14/h7-10,12-14H,2-6,11H2,1H3,(H,20,21,24). The van der Waals surface area contributed by atoms with Crippen LogP contribution in [0.2, 0.25) is 0 Å². The highest BCUT2D eigenvalue weighted by Gasteiger charge is 2.14. The Morgan fingerprint density at radius 3 is 2.67 bits per heavy atom. The van der Waals surface area contributed by atoms with Gasteiger partial charge in [0.1, 0.15) is 5.82 Å². The van der Waals surface area contributed by atoms with Gasteiger partial charge in [0.2, 0.25) is 5.56 Å². The van der Waals surface area contributed by atoms with Crippen LogP contribution < -0.4 is 10.9 Å². The molecule has 1 amide bonds. The zero-order chi connectivity index (χ0) is 16.9. The summed E-state index contributed by atoms with van der Waals surface area (Å²) >= 11 is 0. The van der Waals surface area contributed by atoms with Crippen molar-refractivity contribution in [2.24, 2.45) is 13.0 Å². The predicted octanol–water partition coefficient (Wildman–Crippen LogP) is 3.16. The monoisotopic (exact) mass is 325 g/mol. The lowest BCUT2D eigenvalue weighted by atomic mass is 9.85. The van der Waals surface area contributed by atoms with E-state index in [1.165, 1.54) is 60.6 Å². The molecule has 0 radical (unpaired) electrons. The lowest BCUT2D eigenvalue weighted by Crippen LogP contribution is -2.19. The Bertz CT molecular complexity index is 759. The summed E-state index contributed by atoms with van der Waals surface area (Å²) in [4.78, 5) is 27.9. The van der Waals surface area contributed by atoms with Crippen LogP contribution in [0.5, 0.6) is 0 Å². The molecule has 5 heteroatoms. The zero-order valence-corrected chi connectivity index (χ0v) is 14.0. The van der Waals surface area contributed by atoms with Gasteiger partial charge in [-0.2, -0.15) is 0 Å². The fraction of sp³-hybridized carbons (Fsp3) is 0.421. The number of pyridine rings is 2. The summed E-state index contributed by atoms with van der Waals surface area (Å²) in [6.07, 6.45) is 11.1. The third-order valence-electron chi connectivity index (χ3n) is 4.66. The van der Waals surface area contributed by atoms with Gasteiger partial charge in [0.25, 0.3) is 5.91 Å². The van der Waals surface area contributed by atoms with E-state index in [1.54, 1.807) is 7.05 Å². The van der Waals surface area contributed by atoms with E-state index in [-0.39, 0.29) is 11.5 Å². The zero-order valence-electron chi connectivity index (χ0n) is 14.0. The number of carbonyl (C=O) groups excluding carboxylic acids is 1. The van der Waals surface area contributed by atoms with Crippen LogP contribution in [0.3, 0.4) is 0 Å². The third kappa shape index (κ3) is 4.10. The SMILES string of the molecule is Cn1cc(C(=O)Nc2ccc(CC3CCCCC3)cn2)ccc1=O. The van der Waals surface area contributed by atoms with Crippen molar-refractivity contribution in [1.82, 2.24) is 9.55 Å². The van der Waals surface area contributed by atoms with E-state index in [1.807, 2.05) is 18.3 Å². The van der Waals surface area contributed by atoms with Crippen molar-refractivity contribution in [3.05, 3.63) is 58.1 Å². The van der Waals surface area contributed by atoms with Gasteiger partial charge in [-0.25, -0.2) is 4.98 Å². The first-order valence-corrected chi connectivity index (χ1v) is 8.55. The molecule has 1 N–H and O–H groups in total. The molecule has 0 atom stereocenters. The summed E-state index contributed by atoms with van der Waals surface area (Å²) in [5, 5.41) is 2.77. The van der Waals surface area contributed by atoms with Crippen LogP contribution in [0.15, 0.2) is 41.5 Å². The molecule has 0 aliphatic heterocycles. The van der Waals surface area contributed by atoms with Gasteiger partial charge in [-0.1, -0.05) is 38.2 Å². The normalized spacial score (nSPS) is 15.2. The van der Waals surface area contributed by atoms with Crippen LogP contribution in [0, 0.1) is 5.92 Å². The Balaban J connectivity index is 1.61. The molecular formula is C19H23N3O2. The lowest BCUT2D eigenvalue weighted by Gasteiger charge is -2.21. The van der Waals surface area contributed by atoms with E-state index in [9.17, 15) is 9.59 Å². The minimum Gasteiger partial charge on any atom is -0.318 e. The summed E-state index contributed by atoms with van der Waals surface area (Å²) in [6.45, 7) is 0. The molecule has 24 heavy (non-hydrogen) atoms. The molecule has 5 nitrogen and oxygen atoms in total. The van der Waals surface area contributed by atoms with Crippen LogP contribution >= 0.6 is 0 Å². The minimum absolute atomic E-state index is 0.142. The van der Waals surface area contributed by atoms with Crippen LogP contribution in [-0.4, -0.2) is 15.5 Å². The van der Waals surface area contributed by atoms with Crippen molar-refractivity contribution in [2.45, 2.75) is 38.5 Å². The van der Waals surface area contributed by atoms with Gasteiger partial charge in [0, 0.05) is 25.5 Å². The first-order valence-electron chi connectivity index (χ1n) is 8.55. The molecule has 0 aromatic carbocycles. The van der Waals surface area contributed by atoms with E-state index < -0.39 is 0 Å². The van der Waals surface area contributed by atoms with Crippen molar-refractivity contribution in [3.8, 4) is 0 Å². The molecule has 0 spiro atoms. The number of aryl methyl sites for hydroxylation is 1. The van der Waals surface area contributed by atoms with Gasteiger partial charge in [-0.3, -0.25) is 9.59 Å². The molecule has 3 rings (SSSR count). The van der Waals surface area contributed by atoms with E-state index in [0.717, 1.165) is 12.3 Å². The number of aromatic nitrogens is 2. The lowest BCUT2D eigenvalue weighted by molar-refractivity contribution is 0.102. The maximum absolute atomic E-state index is 12.2. The fourth-order valence-corrected chi connectivity index (χ4v) is 3.26. The first-order chi connectivity index (χ1) is 11.6. The van der Waals surface area contributed by atoms with E-state index >= 15 is 0 Å². The van der Waals surface area contributed by atoms with Gasteiger partial charge in [-0.05, 0) is 30.0 Å². The number of hydrogen-bond acceptors (Lipinski definition) is 3. The molecule has 1 aliphatic carbocycles. The topological polar surface area (TPSA) is 64.0 Å². The Morgan fingerprint density at radius 1 is 1.21 bits per heavy atom. The molecule has 1 aliphatic rings. The van der Waals surface area contributed by atoms with Crippen LogP contribution in [0.4, 0.5) is 5.82 Å². The van der Waals surface area contributed by atoms with E-state index in [2.05, 4.69) is 10.3 Å². The van der Waals surface area contributed by atoms with Crippen molar-refractivity contribution >= 4 is 11.7 Å². The number of hydrogen-bond donors (Lipinski definition) is 1. The highest BCUT2D eigenvalue weighted by atomic mass is 16.2. The van der Waals surface area contributed by atoms with Gasteiger partial charge in [0.05, 0.1) is 5.56 Å². The molecule has 1 saturated carbocycles. The van der Waals surface area contributed by atoms with E-state index in [0.29, 0.717) is 11.4 Å². The molecule has 0 bridgehead atoms. The summed E-state index contributed by atoms with van der Waals surface area (Å²) in [5.41, 5.74) is 1.52. The molecule has 2 heterocycles. The average Bonchev–Trinajstić information content (AvgIpc) is 2.60. The van der Waals surface area contributed by atoms with Gasteiger partial charge >= 0.3 is 0 Å². The molecule has 2 aromatic heterocycles. The van der Waals surface area contributed by atoms with Crippen molar-refractivity contribution < 1.29 is 4.79 Å². The van der Waals surface area contributed by atoms with Crippen molar-refractivity contribution in [3.63, 3.8) is 0 Å². The van der Waals surface area contributed by atoms with Crippen LogP contribution in [0.25, 0.3) is 0 Å². The molecule has 0 saturated heterocycles. The van der Waals surface area contributed by atoms with Crippen molar-refractivity contribution in [2.75, 3.05) is 5.32 Å². The highest BCUT2D eigenvalue weighted by molar-refractivity contribution is 6.03. The first kappa shape index (κ1) is 16.4. The van der Waals surface area contributed by atoms with Crippen LogP contribution in [0.1, 0.15) is 48.0 Å². The molecule has 2 aromatic rings.